The van der Waals surface area contributed by atoms with E-state index in [0.717, 1.165) is 5.56 Å². The number of rotatable bonds is 2. The van der Waals surface area contributed by atoms with Gasteiger partial charge in [0, 0.05) is 0 Å². The summed E-state index contributed by atoms with van der Waals surface area (Å²) < 4.78 is 0. The van der Waals surface area contributed by atoms with Crippen molar-refractivity contribution in [3.05, 3.63) is 41.3 Å². The maximum Gasteiger partial charge on any atom is 0.343 e. The molecule has 0 amide bonds. The first-order valence-electron chi connectivity index (χ1n) is 3.95. The van der Waals surface area contributed by atoms with Crippen LogP contribution in [-0.2, 0) is 4.79 Å². The molecular formula is C10H10O4. The molecule has 1 aromatic rings. The molecule has 3 N–H and O–H groups in total. The highest BCUT2D eigenvalue weighted by molar-refractivity contribution is 6.15. The van der Waals surface area contributed by atoms with Crippen molar-refractivity contribution in [1.82, 2.24) is 0 Å². The van der Waals surface area contributed by atoms with Gasteiger partial charge in [-0.3, -0.25) is 0 Å². The maximum atomic E-state index is 10.6. The molecule has 0 fully saturated rings. The summed E-state index contributed by atoms with van der Waals surface area (Å²) in [4.78, 5) is 10.6. The lowest BCUT2D eigenvalue weighted by Crippen LogP contribution is -2.03. The molecule has 1 rings (SSSR count). The zero-order chi connectivity index (χ0) is 10.7. The largest absolute Gasteiger partial charge is 0.480 e. The molecule has 0 spiro atoms. The number of aliphatic carboxylic acids is 1. The number of benzene rings is 1. The summed E-state index contributed by atoms with van der Waals surface area (Å²) in [6.07, 6.45) is 0. The lowest BCUT2D eigenvalue weighted by atomic mass is 10.1. The lowest BCUT2D eigenvalue weighted by molar-refractivity contribution is -0.130. The van der Waals surface area contributed by atoms with Crippen LogP contribution in [0.1, 0.15) is 11.1 Å². The van der Waals surface area contributed by atoms with Gasteiger partial charge in [-0.25, -0.2) is 4.79 Å². The van der Waals surface area contributed by atoms with E-state index in [2.05, 4.69) is 0 Å². The zero-order valence-electron chi connectivity index (χ0n) is 7.56. The molecule has 0 heterocycles. The first-order chi connectivity index (χ1) is 6.52. The Morgan fingerprint density at radius 1 is 1.07 bits per heavy atom. The maximum absolute atomic E-state index is 10.6. The smallest absolute Gasteiger partial charge is 0.343 e. The van der Waals surface area contributed by atoms with Crippen LogP contribution in [-0.4, -0.2) is 21.3 Å². The minimum atomic E-state index is -1.37. The van der Waals surface area contributed by atoms with Gasteiger partial charge in [0.05, 0.1) is 0 Å². The van der Waals surface area contributed by atoms with Crippen molar-refractivity contribution < 1.29 is 20.1 Å². The van der Waals surface area contributed by atoms with Crippen molar-refractivity contribution >= 4 is 11.5 Å². The van der Waals surface area contributed by atoms with Crippen LogP contribution < -0.4 is 0 Å². The van der Waals surface area contributed by atoms with Gasteiger partial charge >= 0.3 is 5.97 Å². The summed E-state index contributed by atoms with van der Waals surface area (Å²) in [5.41, 5.74) is 0.740. The first-order valence-corrected chi connectivity index (χ1v) is 3.95. The van der Waals surface area contributed by atoms with E-state index in [1.165, 1.54) is 12.1 Å². The van der Waals surface area contributed by atoms with E-state index in [0.29, 0.717) is 0 Å². The predicted octanol–water partition coefficient (Wildman–Crippen LogP) is 1.86. The summed E-state index contributed by atoms with van der Waals surface area (Å²) in [7, 11) is 0. The van der Waals surface area contributed by atoms with Gasteiger partial charge in [-0.05, 0) is 12.5 Å². The molecule has 14 heavy (non-hydrogen) atoms. The molecule has 1 aromatic carbocycles. The average molecular weight is 194 g/mol. The van der Waals surface area contributed by atoms with Crippen LogP contribution in [0, 0.1) is 6.92 Å². The number of carboxylic acid groups (broad SMARTS) is 1. The quantitative estimate of drug-likeness (QED) is 0.496. The Bertz CT molecular complexity index is 372. The normalized spacial score (nSPS) is 9.50. The SMILES string of the molecule is Cc1ccc(C(C(=O)O)=C(O)O)cc1. The summed E-state index contributed by atoms with van der Waals surface area (Å²) in [5, 5.41) is 26.2. The van der Waals surface area contributed by atoms with E-state index >= 15 is 0 Å². The zero-order valence-corrected chi connectivity index (χ0v) is 7.56. The molecule has 0 saturated heterocycles. The topological polar surface area (TPSA) is 77.8 Å². The second-order valence-electron chi connectivity index (χ2n) is 2.87. The van der Waals surface area contributed by atoms with E-state index in [4.69, 9.17) is 15.3 Å². The fraction of sp³-hybridized carbons (Fsp3) is 0.100. The lowest BCUT2D eigenvalue weighted by Gasteiger charge is -2.02. The van der Waals surface area contributed by atoms with Crippen LogP contribution >= 0.6 is 0 Å². The van der Waals surface area contributed by atoms with Crippen molar-refractivity contribution in [2.45, 2.75) is 6.92 Å². The van der Waals surface area contributed by atoms with E-state index < -0.39 is 17.5 Å². The number of aryl methyl sites for hydroxylation is 1. The molecule has 0 atom stereocenters. The molecule has 0 saturated carbocycles. The Morgan fingerprint density at radius 2 is 1.57 bits per heavy atom. The van der Waals surface area contributed by atoms with Gasteiger partial charge in [-0.2, -0.15) is 0 Å². The molecular weight excluding hydrogens is 184 g/mol. The third kappa shape index (κ3) is 2.04. The van der Waals surface area contributed by atoms with Gasteiger partial charge in [0.2, 0.25) is 0 Å². The number of carbonyl (C=O) groups is 1. The summed E-state index contributed by atoms with van der Waals surface area (Å²) in [6.45, 7) is 1.85. The molecule has 4 heteroatoms. The molecule has 0 bridgehead atoms. The van der Waals surface area contributed by atoms with Gasteiger partial charge in [-0.15, -0.1) is 0 Å². The molecule has 74 valence electrons. The second kappa shape index (κ2) is 3.83. The van der Waals surface area contributed by atoms with Crippen molar-refractivity contribution in [3.63, 3.8) is 0 Å². The molecule has 0 aliphatic rings. The fourth-order valence-corrected chi connectivity index (χ4v) is 1.07. The molecule has 4 nitrogen and oxygen atoms in total. The summed E-state index contributed by atoms with van der Waals surface area (Å²) in [5.74, 6) is -2.55. The van der Waals surface area contributed by atoms with Crippen LogP contribution in [0.5, 0.6) is 0 Å². The first kappa shape index (κ1) is 10.1. The Balaban J connectivity index is 3.21. The van der Waals surface area contributed by atoms with Crippen LogP contribution in [0.25, 0.3) is 5.57 Å². The average Bonchev–Trinajstić information content (AvgIpc) is 2.07. The predicted molar refractivity (Wildman–Crippen MR) is 51.0 cm³/mol. The number of hydrogen-bond donors (Lipinski definition) is 3. The third-order valence-electron chi connectivity index (χ3n) is 1.78. The van der Waals surface area contributed by atoms with Gasteiger partial charge < -0.3 is 15.3 Å². The van der Waals surface area contributed by atoms with Gasteiger partial charge in [-0.1, -0.05) is 29.8 Å². The summed E-state index contributed by atoms with van der Waals surface area (Å²) in [6, 6.07) is 6.43. The molecule has 0 aliphatic heterocycles. The van der Waals surface area contributed by atoms with Crippen molar-refractivity contribution in [1.29, 1.82) is 0 Å². The van der Waals surface area contributed by atoms with E-state index in [-0.39, 0.29) is 5.56 Å². The minimum Gasteiger partial charge on any atom is -0.480 e. The van der Waals surface area contributed by atoms with Crippen LogP contribution in [0.15, 0.2) is 30.2 Å². The number of aliphatic hydroxyl groups is 2. The standard InChI is InChI=1S/C10H10O4/c1-6-2-4-7(5-3-6)8(9(11)12)10(13)14/h2-5,11-12H,1H3,(H,13,14). The second-order valence-corrected chi connectivity index (χ2v) is 2.87. The Hall–Kier alpha value is -1.97. The minimum absolute atomic E-state index is 0.267. The highest BCUT2D eigenvalue weighted by atomic mass is 16.5. The Morgan fingerprint density at radius 3 is 1.93 bits per heavy atom. The van der Waals surface area contributed by atoms with Gasteiger partial charge in [0.15, 0.2) is 0 Å². The molecule has 0 aliphatic carbocycles. The van der Waals surface area contributed by atoms with E-state index in [1.54, 1.807) is 12.1 Å². The van der Waals surface area contributed by atoms with Crippen molar-refractivity contribution in [3.8, 4) is 0 Å². The van der Waals surface area contributed by atoms with Gasteiger partial charge in [0.25, 0.3) is 5.95 Å². The highest BCUT2D eigenvalue weighted by Crippen LogP contribution is 2.17. The van der Waals surface area contributed by atoms with Crippen LogP contribution in [0.2, 0.25) is 0 Å². The van der Waals surface area contributed by atoms with Crippen molar-refractivity contribution in [2.75, 3.05) is 0 Å². The third-order valence-corrected chi connectivity index (χ3v) is 1.78. The van der Waals surface area contributed by atoms with Crippen LogP contribution in [0.4, 0.5) is 0 Å². The highest BCUT2D eigenvalue weighted by Gasteiger charge is 2.15. The monoisotopic (exact) mass is 194 g/mol. The number of hydrogen-bond acceptors (Lipinski definition) is 3. The Labute approximate surface area is 80.7 Å². The number of carboxylic acids is 1. The van der Waals surface area contributed by atoms with E-state index in [9.17, 15) is 4.79 Å². The van der Waals surface area contributed by atoms with Gasteiger partial charge in [0.1, 0.15) is 5.57 Å². The summed E-state index contributed by atoms with van der Waals surface area (Å²) >= 11 is 0. The van der Waals surface area contributed by atoms with Crippen molar-refractivity contribution in [2.24, 2.45) is 0 Å². The fourth-order valence-electron chi connectivity index (χ4n) is 1.07. The van der Waals surface area contributed by atoms with Crippen LogP contribution in [0.3, 0.4) is 0 Å². The van der Waals surface area contributed by atoms with E-state index in [1.807, 2.05) is 6.92 Å². The molecule has 0 aromatic heterocycles. The molecule has 0 unspecified atom stereocenters. The molecule has 0 radical (unpaired) electrons. The Kier molecular flexibility index (Phi) is 2.76. The number of aliphatic hydroxyl groups excluding tert-OH is 1.